The zero-order valence-corrected chi connectivity index (χ0v) is 29.2. The van der Waals surface area contributed by atoms with E-state index in [1.54, 1.807) is 0 Å². The lowest BCUT2D eigenvalue weighted by Gasteiger charge is -2.47. The van der Waals surface area contributed by atoms with Crippen molar-refractivity contribution in [1.29, 1.82) is 0 Å². The van der Waals surface area contributed by atoms with E-state index in [0.717, 1.165) is 45.1 Å². The van der Waals surface area contributed by atoms with Crippen molar-refractivity contribution >= 4 is 17.1 Å². The molecule has 0 fully saturated rings. The number of rotatable bonds is 6. The zero-order chi connectivity index (χ0) is 35.1. The van der Waals surface area contributed by atoms with E-state index in [2.05, 4.69) is 195 Å². The highest BCUT2D eigenvalue weighted by Gasteiger charge is 2.46. The molecule has 8 aromatic rings. The molecular formula is C49H37N3. The lowest BCUT2D eigenvalue weighted by molar-refractivity contribution is 0.729. The Morgan fingerprint density at radius 2 is 0.846 bits per heavy atom. The maximum Gasteiger partial charge on any atom is 0.160 e. The first-order valence-corrected chi connectivity index (χ1v) is 17.8. The van der Waals surface area contributed by atoms with Crippen LogP contribution in [0.3, 0.4) is 0 Å². The molecule has 0 atom stereocenters. The Bertz CT molecular complexity index is 2370. The van der Waals surface area contributed by atoms with E-state index in [4.69, 9.17) is 9.97 Å². The number of hydrogen-bond donors (Lipinski definition) is 0. The Morgan fingerprint density at radius 3 is 1.33 bits per heavy atom. The molecule has 0 spiro atoms. The number of aryl methyl sites for hydroxylation is 2. The second-order valence-corrected chi connectivity index (χ2v) is 13.6. The van der Waals surface area contributed by atoms with E-state index < -0.39 is 5.41 Å². The third-order valence-electron chi connectivity index (χ3n) is 10.2. The summed E-state index contributed by atoms with van der Waals surface area (Å²) in [6.07, 6.45) is 0. The third-order valence-corrected chi connectivity index (χ3v) is 10.2. The van der Waals surface area contributed by atoms with Crippen LogP contribution in [-0.2, 0) is 5.41 Å². The van der Waals surface area contributed by atoms with Crippen LogP contribution in [0.1, 0.15) is 33.4 Å². The van der Waals surface area contributed by atoms with Gasteiger partial charge in [-0.2, -0.15) is 0 Å². The number of fused-ring (bicyclic) bond motifs is 2. The summed E-state index contributed by atoms with van der Waals surface area (Å²) in [6.45, 7) is 4.39. The highest BCUT2D eigenvalue weighted by Crippen LogP contribution is 2.58. The topological polar surface area (TPSA) is 29.0 Å². The lowest BCUT2D eigenvalue weighted by Crippen LogP contribution is -2.38. The standard InChI is InChI=1S/C49H37N3/c1-34-26-28-46-42(30-34)49(39-21-11-5-12-22-39,40-23-13-6-14-24-40)43-31-35(2)27-29-47(43)52(46)41-25-15-20-38(32-41)48-50-44(36-16-7-3-8-17-36)33-45(51-48)37-18-9-4-10-19-37/h3-33H,1-2H3. The average molecular weight is 668 g/mol. The summed E-state index contributed by atoms with van der Waals surface area (Å²) in [6, 6.07) is 67.3. The molecular weight excluding hydrogens is 631 g/mol. The highest BCUT2D eigenvalue weighted by atomic mass is 15.2. The first-order valence-electron chi connectivity index (χ1n) is 17.8. The van der Waals surface area contributed by atoms with Gasteiger partial charge in [0.2, 0.25) is 0 Å². The normalized spacial score (nSPS) is 12.9. The van der Waals surface area contributed by atoms with Crippen LogP contribution in [-0.4, -0.2) is 9.97 Å². The first kappa shape index (κ1) is 31.4. The fourth-order valence-electron chi connectivity index (χ4n) is 7.88. The maximum absolute atomic E-state index is 5.17. The van der Waals surface area contributed by atoms with E-state index in [-0.39, 0.29) is 0 Å². The number of hydrogen-bond acceptors (Lipinski definition) is 3. The molecule has 3 heteroatoms. The number of anilines is 3. The summed E-state index contributed by atoms with van der Waals surface area (Å²) in [5, 5.41) is 0. The molecule has 0 bridgehead atoms. The van der Waals surface area contributed by atoms with Crippen LogP contribution >= 0.6 is 0 Å². The Morgan fingerprint density at radius 1 is 0.404 bits per heavy atom. The van der Waals surface area contributed by atoms with Gasteiger partial charge in [-0.3, -0.25) is 0 Å². The molecule has 7 aromatic carbocycles. The summed E-state index contributed by atoms with van der Waals surface area (Å²) >= 11 is 0. The van der Waals surface area contributed by atoms with Crippen molar-refractivity contribution in [2.24, 2.45) is 0 Å². The largest absolute Gasteiger partial charge is 0.310 e. The molecule has 0 N–H and O–H groups in total. The van der Waals surface area contributed by atoms with Crippen LogP contribution in [0.4, 0.5) is 17.1 Å². The van der Waals surface area contributed by atoms with Crippen molar-refractivity contribution in [1.82, 2.24) is 9.97 Å². The second-order valence-electron chi connectivity index (χ2n) is 13.6. The van der Waals surface area contributed by atoms with Gasteiger partial charge in [-0.25, -0.2) is 9.97 Å². The molecule has 1 aliphatic rings. The first-order chi connectivity index (χ1) is 25.6. The minimum Gasteiger partial charge on any atom is -0.310 e. The van der Waals surface area contributed by atoms with Crippen LogP contribution in [0.5, 0.6) is 0 Å². The quantitative estimate of drug-likeness (QED) is 0.177. The van der Waals surface area contributed by atoms with Crippen LogP contribution in [0.25, 0.3) is 33.9 Å². The highest BCUT2D eigenvalue weighted by molar-refractivity contribution is 5.90. The van der Waals surface area contributed by atoms with Crippen LogP contribution in [0.2, 0.25) is 0 Å². The van der Waals surface area contributed by atoms with Crippen molar-refractivity contribution < 1.29 is 0 Å². The predicted molar refractivity (Wildman–Crippen MR) is 214 cm³/mol. The molecule has 0 amide bonds. The SMILES string of the molecule is Cc1ccc2c(c1)C(c1ccccc1)(c1ccccc1)c1cc(C)ccc1N2c1cccc(-c2nc(-c3ccccc3)cc(-c3ccccc3)n2)c1. The molecule has 248 valence electrons. The average Bonchev–Trinajstić information content (AvgIpc) is 3.21. The summed E-state index contributed by atoms with van der Waals surface area (Å²) in [5.74, 6) is 0.690. The summed E-state index contributed by atoms with van der Waals surface area (Å²) in [4.78, 5) is 12.8. The second kappa shape index (κ2) is 12.9. The third kappa shape index (κ3) is 5.30. The van der Waals surface area contributed by atoms with Crippen molar-refractivity contribution in [3.63, 3.8) is 0 Å². The van der Waals surface area contributed by atoms with E-state index in [9.17, 15) is 0 Å². The van der Waals surface area contributed by atoms with E-state index in [1.165, 1.54) is 33.4 Å². The van der Waals surface area contributed by atoms with Crippen molar-refractivity contribution in [3.8, 4) is 33.9 Å². The molecule has 0 saturated heterocycles. The molecule has 52 heavy (non-hydrogen) atoms. The molecule has 9 rings (SSSR count). The molecule has 1 aliphatic heterocycles. The fourth-order valence-corrected chi connectivity index (χ4v) is 7.88. The van der Waals surface area contributed by atoms with E-state index in [0.29, 0.717) is 5.82 Å². The molecule has 0 saturated carbocycles. The summed E-state index contributed by atoms with van der Waals surface area (Å²) in [7, 11) is 0. The van der Waals surface area contributed by atoms with Gasteiger partial charge in [0.25, 0.3) is 0 Å². The van der Waals surface area contributed by atoms with Gasteiger partial charge in [-0.1, -0.05) is 169 Å². The summed E-state index contributed by atoms with van der Waals surface area (Å²) < 4.78 is 0. The van der Waals surface area contributed by atoms with Crippen molar-refractivity contribution in [2.45, 2.75) is 19.3 Å². The molecule has 1 aromatic heterocycles. The van der Waals surface area contributed by atoms with Gasteiger partial charge in [0.05, 0.1) is 28.2 Å². The maximum atomic E-state index is 5.17. The van der Waals surface area contributed by atoms with Gasteiger partial charge in [-0.15, -0.1) is 0 Å². The van der Waals surface area contributed by atoms with Crippen LogP contribution in [0, 0.1) is 13.8 Å². The Balaban J connectivity index is 1.28. The molecule has 3 nitrogen and oxygen atoms in total. The van der Waals surface area contributed by atoms with Crippen LogP contribution in [0.15, 0.2) is 188 Å². The fraction of sp³-hybridized carbons (Fsp3) is 0.0612. The van der Waals surface area contributed by atoms with Gasteiger partial charge in [0.1, 0.15) is 0 Å². The van der Waals surface area contributed by atoms with Gasteiger partial charge < -0.3 is 4.90 Å². The minimum atomic E-state index is -0.531. The van der Waals surface area contributed by atoms with Crippen molar-refractivity contribution in [2.75, 3.05) is 4.90 Å². The van der Waals surface area contributed by atoms with E-state index in [1.807, 2.05) is 12.1 Å². The number of nitrogens with zero attached hydrogens (tertiary/aromatic N) is 3. The molecule has 0 aliphatic carbocycles. The molecule has 2 heterocycles. The molecule has 0 radical (unpaired) electrons. The predicted octanol–water partition coefficient (Wildman–Crippen LogP) is 12.3. The number of benzene rings is 7. The van der Waals surface area contributed by atoms with Gasteiger partial charge >= 0.3 is 0 Å². The zero-order valence-electron chi connectivity index (χ0n) is 29.2. The monoisotopic (exact) mass is 667 g/mol. The van der Waals surface area contributed by atoms with Gasteiger partial charge in [0.15, 0.2) is 5.82 Å². The van der Waals surface area contributed by atoms with Crippen LogP contribution < -0.4 is 4.90 Å². The smallest absolute Gasteiger partial charge is 0.160 e. The van der Waals surface area contributed by atoms with E-state index >= 15 is 0 Å². The Labute approximate surface area is 305 Å². The lowest BCUT2D eigenvalue weighted by atomic mass is 9.62. The Kier molecular flexibility index (Phi) is 7.82. The Hall–Kier alpha value is -6.58. The number of aromatic nitrogens is 2. The van der Waals surface area contributed by atoms with Crippen molar-refractivity contribution in [3.05, 3.63) is 221 Å². The minimum absolute atomic E-state index is 0.531. The summed E-state index contributed by atoms with van der Waals surface area (Å²) in [5.41, 5.74) is 15.1. The van der Waals surface area contributed by atoms with Gasteiger partial charge in [0, 0.05) is 22.4 Å². The van der Waals surface area contributed by atoms with Gasteiger partial charge in [-0.05, 0) is 66.4 Å². The molecule has 0 unspecified atom stereocenters.